The Balaban J connectivity index is 2.44. The second-order valence-corrected chi connectivity index (χ2v) is 4.74. The molecule has 0 aliphatic rings. The van der Waals surface area contributed by atoms with Gasteiger partial charge in [0.15, 0.2) is 29.4 Å². The zero-order chi connectivity index (χ0) is 15.0. The van der Waals surface area contributed by atoms with E-state index in [-0.39, 0.29) is 29.4 Å². The van der Waals surface area contributed by atoms with Crippen molar-refractivity contribution in [3.63, 3.8) is 0 Å². The molecule has 7 heteroatoms. The molecule has 108 valence electrons. The predicted octanol–water partition coefficient (Wildman–Crippen LogP) is 3.53. The largest absolute Gasteiger partial charge is 0.491 e. The fourth-order valence-electron chi connectivity index (χ4n) is 2.17. The van der Waals surface area contributed by atoms with E-state index in [1.165, 1.54) is 3.97 Å². The summed E-state index contributed by atoms with van der Waals surface area (Å²) in [5, 5.41) is 0.597. The number of para-hydroxylation sites is 1. The van der Waals surface area contributed by atoms with E-state index in [9.17, 15) is 8.68 Å². The van der Waals surface area contributed by atoms with Crippen LogP contribution < -0.4 is 5.63 Å². The molecule has 0 bridgehead atoms. The minimum Gasteiger partial charge on any atom is -0.491 e. The van der Waals surface area contributed by atoms with Gasteiger partial charge in [0, 0.05) is 5.39 Å². The average Bonchev–Trinajstić information content (AvgIpc) is 2.88. The summed E-state index contributed by atoms with van der Waals surface area (Å²) in [7, 11) is 0. The van der Waals surface area contributed by atoms with Crippen LogP contribution in [0.2, 0.25) is 0 Å². The van der Waals surface area contributed by atoms with Gasteiger partial charge in [0.25, 0.3) is 0 Å². The highest BCUT2D eigenvalue weighted by Crippen LogP contribution is 2.30. The first-order valence-corrected chi connectivity index (χ1v) is 6.90. The van der Waals surface area contributed by atoms with Crippen LogP contribution in [0.15, 0.2) is 40.1 Å². The van der Waals surface area contributed by atoms with Crippen LogP contribution in [0.1, 0.15) is 12.7 Å². The summed E-state index contributed by atoms with van der Waals surface area (Å²) in [6.07, 6.45) is 0. The maximum absolute atomic E-state index is 13.4. The van der Waals surface area contributed by atoms with Gasteiger partial charge in [-0.25, -0.2) is 13.8 Å². The number of hydrogen-bond donors (Lipinski definition) is 0. The van der Waals surface area contributed by atoms with E-state index in [0.717, 1.165) is 0 Å². The highest BCUT2D eigenvalue weighted by Gasteiger charge is 2.21. The Kier molecular flexibility index (Phi) is 3.42. The summed E-state index contributed by atoms with van der Waals surface area (Å²) < 4.78 is 25.1. The lowest BCUT2D eigenvalue weighted by Gasteiger charge is -2.06. The number of aromatic nitrogens is 2. The van der Waals surface area contributed by atoms with Crippen molar-refractivity contribution in [3.05, 3.63) is 47.1 Å². The fraction of sp³-hybridized carbons (Fsp3) is 0.143. The second-order valence-electron chi connectivity index (χ2n) is 4.24. The molecule has 0 spiro atoms. The molecule has 0 radical (unpaired) electrons. The molecule has 2 heterocycles. The molecule has 0 saturated carbocycles. The lowest BCUT2D eigenvalue weighted by Crippen LogP contribution is -1.99. The standard InChI is InChI=1S/C14H11FN2O3S/c1-3-19-8(2)13-16-11-12(17(13)21-15)9-6-4-5-7-10(9)20-14(11)18/h4-7H,2-3H2,1H3. The van der Waals surface area contributed by atoms with E-state index in [4.69, 9.17) is 9.15 Å². The normalized spacial score (nSPS) is 11.1. The molecule has 0 atom stereocenters. The first-order chi connectivity index (χ1) is 10.2. The topological polar surface area (TPSA) is 57.3 Å². The van der Waals surface area contributed by atoms with Gasteiger partial charge in [-0.05, 0) is 19.1 Å². The molecule has 3 rings (SSSR count). The monoisotopic (exact) mass is 306 g/mol. The second kappa shape index (κ2) is 5.25. The molecule has 3 aromatic rings. The van der Waals surface area contributed by atoms with E-state index < -0.39 is 5.63 Å². The number of rotatable bonds is 4. The van der Waals surface area contributed by atoms with Gasteiger partial charge in [0.2, 0.25) is 0 Å². The molecule has 0 aliphatic carbocycles. The molecule has 1 aromatic carbocycles. The zero-order valence-electron chi connectivity index (χ0n) is 11.1. The number of benzene rings is 1. The molecule has 0 N–H and O–H groups in total. The molecular weight excluding hydrogens is 295 g/mol. The smallest absolute Gasteiger partial charge is 0.364 e. The molecular formula is C14H11FN2O3S. The number of fused-ring (bicyclic) bond motifs is 3. The number of halogens is 1. The lowest BCUT2D eigenvalue weighted by molar-refractivity contribution is 0.296. The van der Waals surface area contributed by atoms with E-state index in [1.807, 2.05) is 0 Å². The summed E-state index contributed by atoms with van der Waals surface area (Å²) in [6, 6.07) is 6.90. The Morgan fingerprint density at radius 3 is 3.00 bits per heavy atom. The lowest BCUT2D eigenvalue weighted by atomic mass is 10.2. The Bertz CT molecular complexity index is 900. The van der Waals surface area contributed by atoms with Crippen molar-refractivity contribution in [3.8, 4) is 0 Å². The van der Waals surface area contributed by atoms with Gasteiger partial charge < -0.3 is 9.15 Å². The van der Waals surface area contributed by atoms with Gasteiger partial charge in [0.05, 0.1) is 6.61 Å². The van der Waals surface area contributed by atoms with Crippen LogP contribution in [0.3, 0.4) is 0 Å². The molecule has 21 heavy (non-hydrogen) atoms. The first-order valence-electron chi connectivity index (χ1n) is 6.22. The average molecular weight is 306 g/mol. The van der Waals surface area contributed by atoms with Crippen LogP contribution in [0.5, 0.6) is 0 Å². The third-order valence-corrected chi connectivity index (χ3v) is 3.51. The minimum absolute atomic E-state index is 0.0507. The van der Waals surface area contributed by atoms with Crippen molar-refractivity contribution in [2.75, 3.05) is 6.61 Å². The Morgan fingerprint density at radius 1 is 1.52 bits per heavy atom. The van der Waals surface area contributed by atoms with Crippen molar-refractivity contribution in [1.82, 2.24) is 8.96 Å². The van der Waals surface area contributed by atoms with Crippen molar-refractivity contribution in [1.29, 1.82) is 0 Å². The molecule has 5 nitrogen and oxygen atoms in total. The summed E-state index contributed by atoms with van der Waals surface area (Å²) >= 11 is -0.0579. The van der Waals surface area contributed by atoms with Crippen molar-refractivity contribution in [2.24, 2.45) is 0 Å². The fourth-order valence-corrected chi connectivity index (χ4v) is 2.63. The third-order valence-electron chi connectivity index (χ3n) is 3.01. The maximum Gasteiger partial charge on any atom is 0.364 e. The van der Waals surface area contributed by atoms with Crippen molar-refractivity contribution < 1.29 is 13.0 Å². The Hall–Kier alpha value is -2.28. The van der Waals surface area contributed by atoms with Gasteiger partial charge in [-0.15, -0.1) is 3.89 Å². The van der Waals surface area contributed by atoms with Crippen molar-refractivity contribution >= 4 is 40.1 Å². The van der Waals surface area contributed by atoms with Crippen LogP contribution in [0.4, 0.5) is 3.89 Å². The molecule has 0 fully saturated rings. The SMILES string of the molecule is C=C(OCC)c1nc2c(=O)oc3ccccc3c2n1SF. The Labute approximate surface area is 123 Å². The summed E-state index contributed by atoms with van der Waals surface area (Å²) in [4.78, 5) is 16.1. The third kappa shape index (κ3) is 2.09. The predicted molar refractivity (Wildman–Crippen MR) is 80.5 cm³/mol. The molecule has 0 saturated heterocycles. The quantitative estimate of drug-likeness (QED) is 0.545. The zero-order valence-corrected chi connectivity index (χ0v) is 11.9. The van der Waals surface area contributed by atoms with Crippen LogP contribution in [0.25, 0.3) is 27.8 Å². The number of imidazole rings is 1. The first kappa shape index (κ1) is 13.7. The molecule has 2 aromatic heterocycles. The van der Waals surface area contributed by atoms with Crippen LogP contribution >= 0.6 is 12.3 Å². The van der Waals surface area contributed by atoms with E-state index in [2.05, 4.69) is 11.6 Å². The highest BCUT2D eigenvalue weighted by molar-refractivity contribution is 7.93. The molecule has 0 aliphatic heterocycles. The highest BCUT2D eigenvalue weighted by atomic mass is 32.2. The van der Waals surface area contributed by atoms with Gasteiger partial charge in [0.1, 0.15) is 11.1 Å². The summed E-state index contributed by atoms with van der Waals surface area (Å²) in [5.74, 6) is 0.352. The van der Waals surface area contributed by atoms with Crippen molar-refractivity contribution in [2.45, 2.75) is 6.92 Å². The van der Waals surface area contributed by atoms with Gasteiger partial charge >= 0.3 is 5.63 Å². The van der Waals surface area contributed by atoms with E-state index in [1.54, 1.807) is 31.2 Å². The van der Waals surface area contributed by atoms with Crippen LogP contribution in [0, 0.1) is 0 Å². The van der Waals surface area contributed by atoms with E-state index >= 15 is 0 Å². The summed E-state index contributed by atoms with van der Waals surface area (Å²) in [6.45, 7) is 5.86. The molecule has 0 unspecified atom stereocenters. The number of nitrogens with zero attached hydrogens (tertiary/aromatic N) is 2. The maximum atomic E-state index is 13.4. The number of ether oxygens (including phenoxy) is 1. The van der Waals surface area contributed by atoms with Gasteiger partial charge in [-0.2, -0.15) is 0 Å². The number of hydrogen-bond acceptors (Lipinski definition) is 5. The van der Waals surface area contributed by atoms with Crippen LogP contribution in [-0.2, 0) is 4.74 Å². The van der Waals surface area contributed by atoms with Crippen LogP contribution in [-0.4, -0.2) is 15.6 Å². The minimum atomic E-state index is -0.623. The van der Waals surface area contributed by atoms with Gasteiger partial charge in [-0.1, -0.05) is 18.7 Å². The molecule has 0 amide bonds. The Morgan fingerprint density at radius 2 is 2.29 bits per heavy atom. The van der Waals surface area contributed by atoms with Gasteiger partial charge in [-0.3, -0.25) is 0 Å². The summed E-state index contributed by atoms with van der Waals surface area (Å²) in [5.41, 5.74) is 0.153. The van der Waals surface area contributed by atoms with E-state index in [0.29, 0.717) is 23.1 Å².